The van der Waals surface area contributed by atoms with Gasteiger partial charge < -0.3 is 9.32 Å². The van der Waals surface area contributed by atoms with Crippen molar-refractivity contribution < 1.29 is 9.21 Å². The number of carbonyl (C=O) groups is 1. The predicted octanol–water partition coefficient (Wildman–Crippen LogP) is 3.34. The van der Waals surface area contributed by atoms with Crippen LogP contribution in [0.2, 0.25) is 0 Å². The summed E-state index contributed by atoms with van der Waals surface area (Å²) in [6.45, 7) is 2.01. The zero-order valence-electron chi connectivity index (χ0n) is 14.0. The summed E-state index contributed by atoms with van der Waals surface area (Å²) in [6.07, 6.45) is 1.78. The molecule has 2 aromatic heterocycles. The van der Waals surface area contributed by atoms with Gasteiger partial charge in [-0.05, 0) is 29.8 Å². The van der Waals surface area contributed by atoms with Crippen LogP contribution in [0.5, 0.6) is 0 Å². The van der Waals surface area contributed by atoms with Gasteiger partial charge in [0.25, 0.3) is 5.91 Å². The fourth-order valence-electron chi connectivity index (χ4n) is 2.23. The van der Waals surface area contributed by atoms with Crippen LogP contribution in [0, 0.1) is 6.92 Å². The van der Waals surface area contributed by atoms with Crippen molar-refractivity contribution in [3.63, 3.8) is 0 Å². The molecule has 3 rings (SSSR count). The first-order chi connectivity index (χ1) is 12.1. The lowest BCUT2D eigenvalue weighted by Crippen LogP contribution is -2.26. The summed E-state index contributed by atoms with van der Waals surface area (Å²) in [5.74, 6) is 1.64. The number of aryl methyl sites for hydroxylation is 1. The molecule has 0 N–H and O–H groups in total. The van der Waals surface area contributed by atoms with Gasteiger partial charge in [-0.1, -0.05) is 18.2 Å². The second-order valence-electron chi connectivity index (χ2n) is 5.53. The third kappa shape index (κ3) is 4.67. The third-order valence-electron chi connectivity index (χ3n) is 3.51. The van der Waals surface area contributed by atoms with Gasteiger partial charge in [0, 0.05) is 31.5 Å². The van der Waals surface area contributed by atoms with Crippen LogP contribution >= 0.6 is 11.8 Å². The Balaban J connectivity index is 1.58. The first-order valence-electron chi connectivity index (χ1n) is 7.79. The number of thioether (sulfide) groups is 1. The molecule has 2 heterocycles. The van der Waals surface area contributed by atoms with Crippen molar-refractivity contribution in [2.45, 2.75) is 24.2 Å². The molecule has 0 atom stereocenters. The van der Waals surface area contributed by atoms with E-state index < -0.39 is 0 Å². The maximum Gasteiger partial charge on any atom is 0.254 e. The molecule has 0 spiro atoms. The molecule has 0 aliphatic carbocycles. The van der Waals surface area contributed by atoms with E-state index in [1.54, 1.807) is 36.8 Å². The second kappa shape index (κ2) is 7.94. The SMILES string of the molecule is Cc1nnc(CN(C)C(=O)c2ccc(CSc3ccccn3)cc2)o1. The van der Waals surface area contributed by atoms with Crippen molar-refractivity contribution >= 4 is 17.7 Å². The Morgan fingerprint density at radius 2 is 1.96 bits per heavy atom. The number of nitrogens with zero attached hydrogens (tertiary/aromatic N) is 4. The van der Waals surface area contributed by atoms with Gasteiger partial charge in [0.05, 0.1) is 11.6 Å². The molecule has 0 aliphatic rings. The largest absolute Gasteiger partial charge is 0.424 e. The molecular formula is C18H18N4O2S. The van der Waals surface area contributed by atoms with E-state index in [1.165, 1.54) is 0 Å². The van der Waals surface area contributed by atoms with E-state index in [4.69, 9.17) is 4.42 Å². The fraction of sp³-hybridized carbons (Fsp3) is 0.222. The van der Waals surface area contributed by atoms with Gasteiger partial charge in [-0.3, -0.25) is 4.79 Å². The van der Waals surface area contributed by atoms with E-state index >= 15 is 0 Å². The molecule has 128 valence electrons. The Kier molecular flexibility index (Phi) is 5.45. The van der Waals surface area contributed by atoms with Gasteiger partial charge in [0.2, 0.25) is 11.8 Å². The summed E-state index contributed by atoms with van der Waals surface area (Å²) in [6, 6.07) is 13.5. The molecule has 0 radical (unpaired) electrons. The summed E-state index contributed by atoms with van der Waals surface area (Å²) in [7, 11) is 1.71. The minimum absolute atomic E-state index is 0.0835. The Hall–Kier alpha value is -2.67. The molecular weight excluding hydrogens is 336 g/mol. The summed E-state index contributed by atoms with van der Waals surface area (Å²) in [5, 5.41) is 8.66. The van der Waals surface area contributed by atoms with Crippen LogP contribution in [0.15, 0.2) is 58.1 Å². The lowest BCUT2D eigenvalue weighted by Gasteiger charge is -2.15. The maximum atomic E-state index is 12.5. The highest BCUT2D eigenvalue weighted by Crippen LogP contribution is 2.20. The zero-order valence-corrected chi connectivity index (χ0v) is 14.9. The monoisotopic (exact) mass is 354 g/mol. The Bertz CT molecular complexity index is 834. The number of benzene rings is 1. The summed E-state index contributed by atoms with van der Waals surface area (Å²) in [5.41, 5.74) is 1.77. The molecule has 6 nitrogen and oxygen atoms in total. The predicted molar refractivity (Wildman–Crippen MR) is 95.1 cm³/mol. The van der Waals surface area contributed by atoms with Gasteiger partial charge in [-0.25, -0.2) is 4.98 Å². The molecule has 0 fully saturated rings. The summed E-state index contributed by atoms with van der Waals surface area (Å²) < 4.78 is 5.31. The van der Waals surface area contributed by atoms with Crippen molar-refractivity contribution in [3.05, 3.63) is 71.6 Å². The number of rotatable bonds is 6. The van der Waals surface area contributed by atoms with Crippen molar-refractivity contribution in [2.75, 3.05) is 7.05 Å². The van der Waals surface area contributed by atoms with Crippen molar-refractivity contribution in [1.29, 1.82) is 0 Å². The summed E-state index contributed by atoms with van der Waals surface area (Å²) >= 11 is 1.66. The fourth-order valence-corrected chi connectivity index (χ4v) is 3.05. The Morgan fingerprint density at radius 3 is 2.60 bits per heavy atom. The van der Waals surface area contributed by atoms with E-state index in [9.17, 15) is 4.79 Å². The van der Waals surface area contributed by atoms with Crippen molar-refractivity contribution in [1.82, 2.24) is 20.1 Å². The highest BCUT2D eigenvalue weighted by Gasteiger charge is 2.14. The van der Waals surface area contributed by atoms with Gasteiger partial charge in [0.1, 0.15) is 0 Å². The number of pyridine rings is 1. The Labute approximate surface area is 150 Å². The second-order valence-corrected chi connectivity index (χ2v) is 6.53. The average Bonchev–Trinajstić information content (AvgIpc) is 3.05. The molecule has 25 heavy (non-hydrogen) atoms. The minimum atomic E-state index is -0.0835. The first-order valence-corrected chi connectivity index (χ1v) is 8.77. The molecule has 0 unspecified atom stereocenters. The smallest absolute Gasteiger partial charge is 0.254 e. The van der Waals surface area contributed by atoms with Crippen LogP contribution in [-0.2, 0) is 12.3 Å². The van der Waals surface area contributed by atoms with E-state index in [0.29, 0.717) is 17.3 Å². The van der Waals surface area contributed by atoms with Gasteiger partial charge >= 0.3 is 0 Å². The number of amides is 1. The molecule has 0 saturated carbocycles. The molecule has 0 bridgehead atoms. The number of carbonyl (C=O) groups excluding carboxylic acids is 1. The van der Waals surface area contributed by atoms with E-state index in [0.717, 1.165) is 16.3 Å². The molecule has 7 heteroatoms. The number of hydrogen-bond donors (Lipinski definition) is 0. The van der Waals surface area contributed by atoms with Crippen LogP contribution in [0.4, 0.5) is 0 Å². The zero-order chi connectivity index (χ0) is 17.6. The van der Waals surface area contributed by atoms with Crippen LogP contribution in [0.1, 0.15) is 27.7 Å². The normalized spacial score (nSPS) is 10.6. The van der Waals surface area contributed by atoms with Crippen LogP contribution in [0.25, 0.3) is 0 Å². The molecule has 3 aromatic rings. The lowest BCUT2D eigenvalue weighted by atomic mass is 10.1. The topological polar surface area (TPSA) is 72.1 Å². The van der Waals surface area contributed by atoms with E-state index in [-0.39, 0.29) is 12.5 Å². The van der Waals surface area contributed by atoms with Crippen molar-refractivity contribution in [3.8, 4) is 0 Å². The Morgan fingerprint density at radius 1 is 1.16 bits per heavy atom. The van der Waals surface area contributed by atoms with Gasteiger partial charge in [-0.15, -0.1) is 22.0 Å². The van der Waals surface area contributed by atoms with Gasteiger partial charge in [-0.2, -0.15) is 0 Å². The quantitative estimate of drug-likeness (QED) is 0.632. The number of aromatic nitrogens is 3. The summed E-state index contributed by atoms with van der Waals surface area (Å²) in [4.78, 5) is 18.3. The first kappa shape index (κ1) is 17.2. The lowest BCUT2D eigenvalue weighted by molar-refractivity contribution is 0.0772. The molecule has 1 amide bonds. The minimum Gasteiger partial charge on any atom is -0.424 e. The molecule has 1 aromatic carbocycles. The number of hydrogen-bond acceptors (Lipinski definition) is 6. The molecule has 0 saturated heterocycles. The highest BCUT2D eigenvalue weighted by molar-refractivity contribution is 7.98. The average molecular weight is 354 g/mol. The molecule has 0 aliphatic heterocycles. The van der Waals surface area contributed by atoms with Crippen molar-refractivity contribution in [2.24, 2.45) is 0 Å². The standard InChI is InChI=1S/C18H18N4O2S/c1-13-20-21-16(24-13)11-22(2)18(23)15-8-6-14(7-9-15)12-25-17-5-3-4-10-19-17/h3-10H,11-12H2,1-2H3. The van der Waals surface area contributed by atoms with Crippen LogP contribution in [0.3, 0.4) is 0 Å². The van der Waals surface area contributed by atoms with E-state index in [2.05, 4.69) is 15.2 Å². The van der Waals surface area contributed by atoms with Crippen LogP contribution < -0.4 is 0 Å². The highest BCUT2D eigenvalue weighted by atomic mass is 32.2. The van der Waals surface area contributed by atoms with Crippen LogP contribution in [-0.4, -0.2) is 33.0 Å². The van der Waals surface area contributed by atoms with Gasteiger partial charge in [0.15, 0.2) is 0 Å². The maximum absolute atomic E-state index is 12.5. The third-order valence-corrected chi connectivity index (χ3v) is 4.53. The van der Waals surface area contributed by atoms with E-state index in [1.807, 2.05) is 42.5 Å².